The van der Waals surface area contributed by atoms with Gasteiger partial charge in [-0.05, 0) is 27.1 Å². The van der Waals surface area contributed by atoms with Gasteiger partial charge < -0.3 is 10.2 Å². The van der Waals surface area contributed by atoms with E-state index < -0.39 is 18.0 Å². The molecule has 0 saturated carbocycles. The van der Waals surface area contributed by atoms with Crippen LogP contribution in [-0.2, 0) is 0 Å². The molecule has 3 heteroatoms. The van der Waals surface area contributed by atoms with Crippen LogP contribution in [0, 0.1) is 5.82 Å². The van der Waals surface area contributed by atoms with Crippen molar-refractivity contribution in [3.05, 3.63) is 65.5 Å². The van der Waals surface area contributed by atoms with Gasteiger partial charge in [0.15, 0.2) is 0 Å². The number of hydrogen-bond donors (Lipinski definition) is 2. The zero-order chi connectivity index (χ0) is 15.7. The Kier molecular flexibility index (Phi) is 2.42. The molecule has 0 radical (unpaired) electrons. The summed E-state index contributed by atoms with van der Waals surface area (Å²) in [5.41, 5.74) is 0.844. The molecule has 5 rings (SSSR count). The summed E-state index contributed by atoms with van der Waals surface area (Å²) in [6.07, 6.45) is 0.910. The van der Waals surface area contributed by atoms with Crippen molar-refractivity contribution >= 4 is 38.4 Å². The SMILES string of the molecule is OC1C=Cc2c(c(F)c3ccc4cccc5ccc2c3c45)[C@H]1O. The Hall–Kier alpha value is -2.49. The van der Waals surface area contributed by atoms with Crippen LogP contribution < -0.4 is 0 Å². The molecular formula is C20H13FO2. The summed E-state index contributed by atoms with van der Waals surface area (Å²) >= 11 is 0. The molecule has 1 aliphatic carbocycles. The van der Waals surface area contributed by atoms with Crippen molar-refractivity contribution in [3.63, 3.8) is 0 Å². The molecule has 1 aliphatic rings. The van der Waals surface area contributed by atoms with Crippen molar-refractivity contribution in [2.75, 3.05) is 0 Å². The van der Waals surface area contributed by atoms with E-state index >= 15 is 4.39 Å². The first kappa shape index (κ1) is 13.0. The molecule has 2 atom stereocenters. The van der Waals surface area contributed by atoms with Gasteiger partial charge in [-0.15, -0.1) is 0 Å². The molecule has 0 amide bonds. The summed E-state index contributed by atoms with van der Waals surface area (Å²) in [7, 11) is 0. The van der Waals surface area contributed by atoms with Gasteiger partial charge in [0.25, 0.3) is 0 Å². The molecule has 0 aromatic heterocycles. The Morgan fingerprint density at radius 2 is 1.52 bits per heavy atom. The van der Waals surface area contributed by atoms with Gasteiger partial charge in [-0.25, -0.2) is 4.39 Å². The van der Waals surface area contributed by atoms with Crippen LogP contribution >= 0.6 is 0 Å². The Morgan fingerprint density at radius 3 is 2.26 bits per heavy atom. The van der Waals surface area contributed by atoms with Crippen LogP contribution in [0.1, 0.15) is 17.2 Å². The maximum Gasteiger partial charge on any atom is 0.137 e. The number of benzene rings is 4. The van der Waals surface area contributed by atoms with Crippen LogP contribution in [0.4, 0.5) is 4.39 Å². The fraction of sp³-hybridized carbons (Fsp3) is 0.100. The lowest BCUT2D eigenvalue weighted by Crippen LogP contribution is -2.21. The Bertz CT molecular complexity index is 1100. The monoisotopic (exact) mass is 304 g/mol. The highest BCUT2D eigenvalue weighted by atomic mass is 19.1. The highest BCUT2D eigenvalue weighted by Gasteiger charge is 2.29. The van der Waals surface area contributed by atoms with Gasteiger partial charge in [0, 0.05) is 16.3 Å². The van der Waals surface area contributed by atoms with E-state index in [2.05, 4.69) is 0 Å². The third kappa shape index (κ3) is 1.53. The van der Waals surface area contributed by atoms with E-state index in [0.29, 0.717) is 10.9 Å². The molecule has 112 valence electrons. The van der Waals surface area contributed by atoms with Gasteiger partial charge in [-0.1, -0.05) is 54.6 Å². The lowest BCUT2D eigenvalue weighted by Gasteiger charge is -2.25. The fourth-order valence-corrected chi connectivity index (χ4v) is 3.84. The predicted octanol–water partition coefficient (Wildman–Crippen LogP) is 4.14. The highest BCUT2D eigenvalue weighted by Crippen LogP contribution is 2.43. The molecule has 0 spiro atoms. The van der Waals surface area contributed by atoms with Gasteiger partial charge in [-0.2, -0.15) is 0 Å². The largest absolute Gasteiger partial charge is 0.386 e. The van der Waals surface area contributed by atoms with Crippen molar-refractivity contribution < 1.29 is 14.6 Å². The minimum atomic E-state index is -1.24. The predicted molar refractivity (Wildman–Crippen MR) is 90.1 cm³/mol. The number of fused-ring (bicyclic) bond motifs is 2. The van der Waals surface area contributed by atoms with Gasteiger partial charge in [-0.3, -0.25) is 0 Å². The van der Waals surface area contributed by atoms with E-state index in [-0.39, 0.29) is 5.56 Å². The van der Waals surface area contributed by atoms with E-state index in [9.17, 15) is 10.2 Å². The van der Waals surface area contributed by atoms with Crippen molar-refractivity contribution in [1.29, 1.82) is 0 Å². The lowest BCUT2D eigenvalue weighted by molar-refractivity contribution is 0.0448. The number of hydrogen-bond acceptors (Lipinski definition) is 2. The minimum absolute atomic E-state index is 0.186. The van der Waals surface area contributed by atoms with E-state index in [4.69, 9.17) is 0 Å². The first-order valence-electron chi connectivity index (χ1n) is 7.60. The topological polar surface area (TPSA) is 40.5 Å². The number of rotatable bonds is 0. The minimum Gasteiger partial charge on any atom is -0.386 e. The second-order valence-electron chi connectivity index (χ2n) is 6.12. The van der Waals surface area contributed by atoms with Gasteiger partial charge >= 0.3 is 0 Å². The molecule has 2 nitrogen and oxygen atoms in total. The van der Waals surface area contributed by atoms with E-state index in [1.807, 2.05) is 36.4 Å². The van der Waals surface area contributed by atoms with E-state index in [1.165, 1.54) is 6.08 Å². The molecule has 0 fully saturated rings. The van der Waals surface area contributed by atoms with Crippen LogP contribution in [0.5, 0.6) is 0 Å². The van der Waals surface area contributed by atoms with Crippen molar-refractivity contribution in [2.24, 2.45) is 0 Å². The molecule has 0 aliphatic heterocycles. The van der Waals surface area contributed by atoms with Crippen LogP contribution in [0.15, 0.2) is 48.5 Å². The van der Waals surface area contributed by atoms with Gasteiger partial charge in [0.1, 0.15) is 18.0 Å². The van der Waals surface area contributed by atoms with E-state index in [1.54, 1.807) is 12.1 Å². The average molecular weight is 304 g/mol. The van der Waals surface area contributed by atoms with Crippen LogP contribution in [0.3, 0.4) is 0 Å². The maximum atomic E-state index is 15.1. The Morgan fingerprint density at radius 1 is 0.826 bits per heavy atom. The van der Waals surface area contributed by atoms with Crippen molar-refractivity contribution in [1.82, 2.24) is 0 Å². The molecule has 0 heterocycles. The molecule has 1 unspecified atom stereocenters. The number of halogens is 1. The average Bonchev–Trinajstić information content (AvgIpc) is 2.57. The summed E-state index contributed by atoms with van der Waals surface area (Å²) in [6, 6.07) is 13.7. The van der Waals surface area contributed by atoms with Crippen LogP contribution in [-0.4, -0.2) is 16.3 Å². The Balaban J connectivity index is 2.10. The fourth-order valence-electron chi connectivity index (χ4n) is 3.84. The molecule has 0 bridgehead atoms. The summed E-state index contributed by atoms with van der Waals surface area (Å²) in [6.45, 7) is 0. The second kappa shape index (κ2) is 4.28. The molecule has 2 N–H and O–H groups in total. The van der Waals surface area contributed by atoms with E-state index in [0.717, 1.165) is 26.9 Å². The summed E-state index contributed by atoms with van der Waals surface area (Å²) in [5.74, 6) is -0.443. The third-order valence-electron chi connectivity index (χ3n) is 4.91. The third-order valence-corrected chi connectivity index (χ3v) is 4.91. The molecule has 4 aromatic rings. The van der Waals surface area contributed by atoms with Crippen molar-refractivity contribution in [3.8, 4) is 0 Å². The molecule has 23 heavy (non-hydrogen) atoms. The highest BCUT2D eigenvalue weighted by molar-refractivity contribution is 6.24. The summed E-state index contributed by atoms with van der Waals surface area (Å²) in [4.78, 5) is 0. The molecular weight excluding hydrogens is 291 g/mol. The zero-order valence-corrected chi connectivity index (χ0v) is 12.1. The maximum absolute atomic E-state index is 15.1. The Labute approximate surface area is 131 Å². The number of aliphatic hydroxyl groups excluding tert-OH is 2. The number of aliphatic hydroxyl groups is 2. The van der Waals surface area contributed by atoms with Gasteiger partial charge in [0.05, 0.1) is 0 Å². The lowest BCUT2D eigenvalue weighted by atomic mass is 9.84. The summed E-state index contributed by atoms with van der Waals surface area (Å²) in [5, 5.41) is 25.6. The summed E-state index contributed by atoms with van der Waals surface area (Å²) < 4.78 is 15.1. The quantitative estimate of drug-likeness (QED) is 0.479. The van der Waals surface area contributed by atoms with Crippen LogP contribution in [0.25, 0.3) is 38.4 Å². The molecule has 0 saturated heterocycles. The standard InChI is InChI=1S/C20H13FO2/c21-19-14-7-5-11-3-1-2-10-4-6-12(17(14)16(10)11)13-8-9-15(22)20(23)18(13)19/h1-9,15,20,22-23H/t15?,20-/m0/s1. The second-order valence-corrected chi connectivity index (χ2v) is 6.12. The van der Waals surface area contributed by atoms with Crippen LogP contribution in [0.2, 0.25) is 0 Å². The van der Waals surface area contributed by atoms with Gasteiger partial charge in [0.2, 0.25) is 0 Å². The first-order valence-corrected chi connectivity index (χ1v) is 7.60. The zero-order valence-electron chi connectivity index (χ0n) is 12.1. The normalized spacial score (nSPS) is 20.7. The first-order chi connectivity index (χ1) is 11.2. The van der Waals surface area contributed by atoms with Crippen molar-refractivity contribution in [2.45, 2.75) is 12.2 Å². The molecule has 4 aromatic carbocycles. The smallest absolute Gasteiger partial charge is 0.137 e.